The summed E-state index contributed by atoms with van der Waals surface area (Å²) in [7, 11) is 1.97. The summed E-state index contributed by atoms with van der Waals surface area (Å²) < 4.78 is 11.1. The highest BCUT2D eigenvalue weighted by atomic mass is 16.6. The maximum atomic E-state index is 8.97. The van der Waals surface area contributed by atoms with E-state index in [1.807, 2.05) is 54.4 Å². The lowest BCUT2D eigenvalue weighted by Crippen LogP contribution is -2.20. The SMILES string of the molecule is CN(CCO)c1ccc(NCc2ccc3c(c2)OCCO3)cc1. The summed E-state index contributed by atoms with van der Waals surface area (Å²) in [6, 6.07) is 14.2. The van der Waals surface area contributed by atoms with Gasteiger partial charge in [-0.2, -0.15) is 0 Å². The highest BCUT2D eigenvalue weighted by Gasteiger charge is 2.11. The molecule has 0 saturated carbocycles. The maximum absolute atomic E-state index is 8.97. The quantitative estimate of drug-likeness (QED) is 0.858. The Balaban J connectivity index is 1.60. The summed E-state index contributed by atoms with van der Waals surface area (Å²) in [5.41, 5.74) is 3.29. The van der Waals surface area contributed by atoms with Crippen molar-refractivity contribution in [2.75, 3.05) is 43.6 Å². The monoisotopic (exact) mass is 314 g/mol. The highest BCUT2D eigenvalue weighted by molar-refractivity contribution is 5.55. The minimum absolute atomic E-state index is 0.153. The van der Waals surface area contributed by atoms with E-state index in [2.05, 4.69) is 5.32 Å². The third-order valence-corrected chi connectivity index (χ3v) is 3.85. The summed E-state index contributed by atoms with van der Waals surface area (Å²) in [4.78, 5) is 2.02. The number of fused-ring (bicyclic) bond motifs is 1. The molecular weight excluding hydrogens is 292 g/mol. The van der Waals surface area contributed by atoms with Crippen LogP contribution in [0.2, 0.25) is 0 Å². The fourth-order valence-corrected chi connectivity index (χ4v) is 2.51. The standard InChI is InChI=1S/C18H22N2O3/c1-20(8-9-21)16-5-3-15(4-6-16)19-13-14-2-7-17-18(12-14)23-11-10-22-17/h2-7,12,19,21H,8-11,13H2,1H3. The number of aliphatic hydroxyl groups excluding tert-OH is 1. The Bertz CT molecular complexity index is 643. The molecule has 0 fully saturated rings. The van der Waals surface area contributed by atoms with E-state index in [-0.39, 0.29) is 6.61 Å². The van der Waals surface area contributed by atoms with Gasteiger partial charge in [0.05, 0.1) is 6.61 Å². The molecule has 0 bridgehead atoms. The highest BCUT2D eigenvalue weighted by Crippen LogP contribution is 2.31. The molecule has 0 radical (unpaired) electrons. The number of rotatable bonds is 6. The first-order valence-electron chi connectivity index (χ1n) is 7.81. The fraction of sp³-hybridized carbons (Fsp3) is 0.333. The molecule has 23 heavy (non-hydrogen) atoms. The average molecular weight is 314 g/mol. The van der Waals surface area contributed by atoms with Gasteiger partial charge in [0, 0.05) is 31.5 Å². The largest absolute Gasteiger partial charge is 0.486 e. The summed E-state index contributed by atoms with van der Waals surface area (Å²) in [5.74, 6) is 1.63. The van der Waals surface area contributed by atoms with Gasteiger partial charge < -0.3 is 24.8 Å². The summed E-state index contributed by atoms with van der Waals surface area (Å²) in [5, 5.41) is 12.4. The number of hydrogen-bond acceptors (Lipinski definition) is 5. The van der Waals surface area contributed by atoms with Crippen LogP contribution in [0.5, 0.6) is 11.5 Å². The number of nitrogens with one attached hydrogen (secondary N) is 1. The molecule has 0 atom stereocenters. The zero-order valence-electron chi connectivity index (χ0n) is 13.3. The molecule has 0 aliphatic carbocycles. The number of nitrogens with zero attached hydrogens (tertiary/aromatic N) is 1. The van der Waals surface area contributed by atoms with Gasteiger partial charge in [0.15, 0.2) is 11.5 Å². The third-order valence-electron chi connectivity index (χ3n) is 3.85. The van der Waals surface area contributed by atoms with Crippen molar-refractivity contribution in [1.82, 2.24) is 0 Å². The smallest absolute Gasteiger partial charge is 0.161 e. The predicted octanol–water partition coefficient (Wildman–Crippen LogP) is 2.50. The first-order chi connectivity index (χ1) is 11.3. The molecule has 1 heterocycles. The summed E-state index contributed by atoms with van der Waals surface area (Å²) in [6.45, 7) is 2.72. The van der Waals surface area contributed by atoms with Crippen LogP contribution in [-0.2, 0) is 6.54 Å². The van der Waals surface area contributed by atoms with Gasteiger partial charge in [-0.3, -0.25) is 0 Å². The van der Waals surface area contributed by atoms with Crippen molar-refractivity contribution in [1.29, 1.82) is 0 Å². The topological polar surface area (TPSA) is 54.0 Å². The van der Waals surface area contributed by atoms with Crippen LogP contribution in [0, 0.1) is 0 Å². The van der Waals surface area contributed by atoms with E-state index in [1.54, 1.807) is 0 Å². The number of anilines is 2. The van der Waals surface area contributed by atoms with Crippen molar-refractivity contribution in [2.45, 2.75) is 6.54 Å². The molecule has 3 rings (SSSR count). The maximum Gasteiger partial charge on any atom is 0.161 e. The van der Waals surface area contributed by atoms with Crippen LogP contribution in [0.4, 0.5) is 11.4 Å². The normalized spacial score (nSPS) is 12.8. The molecule has 5 nitrogen and oxygen atoms in total. The second-order valence-electron chi connectivity index (χ2n) is 5.52. The van der Waals surface area contributed by atoms with E-state index in [9.17, 15) is 0 Å². The van der Waals surface area contributed by atoms with E-state index in [0.717, 1.165) is 35.0 Å². The Morgan fingerprint density at radius 1 is 1.04 bits per heavy atom. The fourth-order valence-electron chi connectivity index (χ4n) is 2.51. The number of aliphatic hydroxyl groups is 1. The lowest BCUT2D eigenvalue weighted by atomic mass is 10.2. The predicted molar refractivity (Wildman–Crippen MR) is 91.6 cm³/mol. The van der Waals surface area contributed by atoms with E-state index in [1.165, 1.54) is 0 Å². The molecule has 1 aliphatic heterocycles. The Labute approximate surface area is 136 Å². The van der Waals surface area contributed by atoms with E-state index >= 15 is 0 Å². The summed E-state index contributed by atoms with van der Waals surface area (Å²) in [6.07, 6.45) is 0. The first kappa shape index (κ1) is 15.5. The second-order valence-corrected chi connectivity index (χ2v) is 5.52. The van der Waals surface area contributed by atoms with Gasteiger partial charge in [0.2, 0.25) is 0 Å². The number of likely N-dealkylation sites (N-methyl/N-ethyl adjacent to an activating group) is 1. The lowest BCUT2D eigenvalue weighted by molar-refractivity contribution is 0.171. The van der Waals surface area contributed by atoms with Crippen LogP contribution in [0.1, 0.15) is 5.56 Å². The van der Waals surface area contributed by atoms with Crippen LogP contribution >= 0.6 is 0 Å². The van der Waals surface area contributed by atoms with Crippen molar-refractivity contribution in [3.05, 3.63) is 48.0 Å². The molecule has 2 N–H and O–H groups in total. The zero-order valence-corrected chi connectivity index (χ0v) is 13.3. The Kier molecular flexibility index (Phi) is 4.88. The van der Waals surface area contributed by atoms with Gasteiger partial charge in [-0.1, -0.05) is 6.07 Å². The molecule has 0 spiro atoms. The van der Waals surface area contributed by atoms with Gasteiger partial charge in [-0.05, 0) is 42.0 Å². The molecule has 2 aromatic rings. The molecule has 0 amide bonds. The molecular formula is C18H22N2O3. The Hall–Kier alpha value is -2.40. The van der Waals surface area contributed by atoms with Gasteiger partial charge in [-0.25, -0.2) is 0 Å². The number of ether oxygens (including phenoxy) is 2. The zero-order chi connectivity index (χ0) is 16.1. The van der Waals surface area contributed by atoms with Crippen molar-refractivity contribution in [2.24, 2.45) is 0 Å². The average Bonchev–Trinajstić information content (AvgIpc) is 2.60. The van der Waals surface area contributed by atoms with Gasteiger partial charge in [0.25, 0.3) is 0 Å². The van der Waals surface area contributed by atoms with E-state index in [0.29, 0.717) is 19.8 Å². The van der Waals surface area contributed by atoms with Crippen LogP contribution in [0.3, 0.4) is 0 Å². The minimum Gasteiger partial charge on any atom is -0.486 e. The van der Waals surface area contributed by atoms with Crippen LogP contribution < -0.4 is 19.7 Å². The van der Waals surface area contributed by atoms with E-state index < -0.39 is 0 Å². The molecule has 1 aliphatic rings. The van der Waals surface area contributed by atoms with Crippen LogP contribution in [-0.4, -0.2) is 38.5 Å². The van der Waals surface area contributed by atoms with Crippen molar-refractivity contribution in [3.63, 3.8) is 0 Å². The Morgan fingerprint density at radius 2 is 1.78 bits per heavy atom. The second kappa shape index (κ2) is 7.24. The molecule has 122 valence electrons. The van der Waals surface area contributed by atoms with Crippen molar-refractivity contribution < 1.29 is 14.6 Å². The molecule has 0 unspecified atom stereocenters. The Morgan fingerprint density at radius 3 is 2.52 bits per heavy atom. The van der Waals surface area contributed by atoms with Gasteiger partial charge in [0.1, 0.15) is 13.2 Å². The lowest BCUT2D eigenvalue weighted by Gasteiger charge is -2.19. The first-order valence-corrected chi connectivity index (χ1v) is 7.81. The number of hydrogen-bond donors (Lipinski definition) is 2. The molecule has 0 saturated heterocycles. The van der Waals surface area contributed by atoms with Crippen molar-refractivity contribution >= 4 is 11.4 Å². The van der Waals surface area contributed by atoms with E-state index in [4.69, 9.17) is 14.6 Å². The molecule has 5 heteroatoms. The third kappa shape index (κ3) is 3.87. The number of benzene rings is 2. The van der Waals surface area contributed by atoms with Crippen LogP contribution in [0.25, 0.3) is 0 Å². The molecule has 2 aromatic carbocycles. The minimum atomic E-state index is 0.153. The van der Waals surface area contributed by atoms with Crippen LogP contribution in [0.15, 0.2) is 42.5 Å². The molecule has 0 aromatic heterocycles. The van der Waals surface area contributed by atoms with Crippen molar-refractivity contribution in [3.8, 4) is 11.5 Å². The van der Waals surface area contributed by atoms with Gasteiger partial charge >= 0.3 is 0 Å². The summed E-state index contributed by atoms with van der Waals surface area (Å²) >= 11 is 0. The van der Waals surface area contributed by atoms with Gasteiger partial charge in [-0.15, -0.1) is 0 Å².